The van der Waals surface area contributed by atoms with Gasteiger partial charge in [-0.25, -0.2) is 4.98 Å². The molecule has 1 aliphatic heterocycles. The molecule has 0 unspecified atom stereocenters. The maximum atomic E-state index is 11.1. The van der Waals surface area contributed by atoms with E-state index in [1.807, 2.05) is 11.8 Å². The summed E-state index contributed by atoms with van der Waals surface area (Å²) in [4.78, 5) is 18.6. The summed E-state index contributed by atoms with van der Waals surface area (Å²) in [5.41, 5.74) is 0.758. The van der Waals surface area contributed by atoms with Crippen molar-refractivity contribution in [2.45, 2.75) is 31.6 Å². The fraction of sp³-hybridized carbons (Fsp3) is 0.692. The van der Waals surface area contributed by atoms with Gasteiger partial charge >= 0.3 is 0 Å². The standard InChI is InChI=1S/C13H20N2O2S2/c1-13(2)4-5-15(6-7-18-13)12-14-10(9-17-3)11(8-16)19-12/h8H,4-7,9H2,1-3H3. The van der Waals surface area contributed by atoms with Gasteiger partial charge in [0.15, 0.2) is 11.4 Å². The largest absolute Gasteiger partial charge is 0.378 e. The zero-order valence-corrected chi connectivity index (χ0v) is 13.3. The number of hydrogen-bond acceptors (Lipinski definition) is 6. The number of methoxy groups -OCH3 is 1. The zero-order valence-electron chi connectivity index (χ0n) is 11.6. The Labute approximate surface area is 122 Å². The molecule has 19 heavy (non-hydrogen) atoms. The summed E-state index contributed by atoms with van der Waals surface area (Å²) < 4.78 is 5.42. The number of aldehydes is 1. The lowest BCUT2D eigenvalue weighted by Crippen LogP contribution is -2.26. The van der Waals surface area contributed by atoms with Crippen LogP contribution in [-0.4, -0.2) is 42.0 Å². The molecule has 0 aromatic carbocycles. The highest BCUT2D eigenvalue weighted by atomic mass is 32.2. The molecular formula is C13H20N2O2S2. The van der Waals surface area contributed by atoms with Gasteiger partial charge in [-0.15, -0.1) is 0 Å². The van der Waals surface area contributed by atoms with Crippen LogP contribution in [0.15, 0.2) is 0 Å². The minimum Gasteiger partial charge on any atom is -0.378 e. The number of ether oxygens (including phenoxy) is 1. The van der Waals surface area contributed by atoms with E-state index < -0.39 is 0 Å². The summed E-state index contributed by atoms with van der Waals surface area (Å²) >= 11 is 3.48. The monoisotopic (exact) mass is 300 g/mol. The summed E-state index contributed by atoms with van der Waals surface area (Å²) in [5.74, 6) is 1.10. The molecule has 4 nitrogen and oxygen atoms in total. The minimum atomic E-state index is 0.328. The van der Waals surface area contributed by atoms with E-state index in [4.69, 9.17) is 4.74 Å². The van der Waals surface area contributed by atoms with Crippen LogP contribution in [0.5, 0.6) is 0 Å². The van der Waals surface area contributed by atoms with E-state index in [1.165, 1.54) is 11.3 Å². The van der Waals surface area contributed by atoms with Gasteiger partial charge in [-0.05, 0) is 6.42 Å². The van der Waals surface area contributed by atoms with E-state index in [-0.39, 0.29) is 0 Å². The number of carbonyl (C=O) groups is 1. The first-order valence-electron chi connectivity index (χ1n) is 6.38. The van der Waals surface area contributed by atoms with E-state index in [1.54, 1.807) is 7.11 Å². The fourth-order valence-corrected chi connectivity index (χ4v) is 4.06. The second-order valence-corrected chi connectivity index (χ2v) is 8.01. The summed E-state index contributed by atoms with van der Waals surface area (Å²) in [7, 11) is 1.62. The number of hydrogen-bond donors (Lipinski definition) is 0. The van der Waals surface area contributed by atoms with Gasteiger partial charge in [0, 0.05) is 30.7 Å². The SMILES string of the molecule is COCc1nc(N2CCSC(C)(C)CC2)sc1C=O. The lowest BCUT2D eigenvalue weighted by molar-refractivity contribution is 0.112. The van der Waals surface area contributed by atoms with Crippen molar-refractivity contribution in [2.75, 3.05) is 30.9 Å². The third-order valence-corrected chi connectivity index (χ3v) is 5.67. The van der Waals surface area contributed by atoms with Crippen molar-refractivity contribution >= 4 is 34.5 Å². The molecule has 0 radical (unpaired) electrons. The van der Waals surface area contributed by atoms with Crippen molar-refractivity contribution in [1.82, 2.24) is 4.98 Å². The molecule has 0 bridgehead atoms. The molecule has 0 N–H and O–H groups in total. The first-order valence-corrected chi connectivity index (χ1v) is 8.18. The Morgan fingerprint density at radius 1 is 1.47 bits per heavy atom. The van der Waals surface area contributed by atoms with Gasteiger partial charge in [0.05, 0.1) is 17.2 Å². The molecule has 0 spiro atoms. The highest BCUT2D eigenvalue weighted by molar-refractivity contribution is 8.00. The molecule has 0 atom stereocenters. The number of rotatable bonds is 4. The third-order valence-electron chi connectivity index (χ3n) is 3.21. The van der Waals surface area contributed by atoms with Gasteiger partial charge in [0.25, 0.3) is 0 Å². The van der Waals surface area contributed by atoms with E-state index in [2.05, 4.69) is 23.7 Å². The van der Waals surface area contributed by atoms with Crippen molar-refractivity contribution in [1.29, 1.82) is 0 Å². The maximum absolute atomic E-state index is 11.1. The van der Waals surface area contributed by atoms with Gasteiger partial charge < -0.3 is 9.64 Å². The van der Waals surface area contributed by atoms with E-state index in [9.17, 15) is 4.79 Å². The Morgan fingerprint density at radius 2 is 2.26 bits per heavy atom. The van der Waals surface area contributed by atoms with Gasteiger partial charge in [0.2, 0.25) is 0 Å². The number of thioether (sulfide) groups is 1. The first-order chi connectivity index (χ1) is 9.05. The molecule has 0 amide bonds. The minimum absolute atomic E-state index is 0.328. The van der Waals surface area contributed by atoms with Crippen molar-refractivity contribution in [3.63, 3.8) is 0 Å². The van der Waals surface area contributed by atoms with Crippen LogP contribution in [0.3, 0.4) is 0 Å². The third kappa shape index (κ3) is 3.70. The molecule has 2 rings (SSSR count). The number of carbonyl (C=O) groups excluding carboxylic acids is 1. The molecule has 1 aliphatic rings. The summed E-state index contributed by atoms with van der Waals surface area (Å²) in [6.07, 6.45) is 2.01. The molecule has 106 valence electrons. The second-order valence-electron chi connectivity index (χ2n) is 5.20. The van der Waals surface area contributed by atoms with Gasteiger partial charge in [-0.2, -0.15) is 11.8 Å². The van der Waals surface area contributed by atoms with Crippen LogP contribution in [0.1, 0.15) is 35.6 Å². The lowest BCUT2D eigenvalue weighted by Gasteiger charge is -2.22. The van der Waals surface area contributed by atoms with E-state index >= 15 is 0 Å². The van der Waals surface area contributed by atoms with Crippen LogP contribution in [0.4, 0.5) is 5.13 Å². The van der Waals surface area contributed by atoms with Crippen LogP contribution in [0.2, 0.25) is 0 Å². The highest BCUT2D eigenvalue weighted by Gasteiger charge is 2.25. The molecule has 1 fully saturated rings. The normalized spacial score (nSPS) is 19.2. The molecule has 0 saturated carbocycles. The number of aromatic nitrogens is 1. The number of thiazole rings is 1. The summed E-state index contributed by atoms with van der Waals surface area (Å²) in [5, 5.41) is 0.951. The molecular weight excluding hydrogens is 280 g/mol. The predicted octanol–water partition coefficient (Wildman–Crippen LogP) is 2.82. The Hall–Kier alpha value is -0.590. The number of anilines is 1. The topological polar surface area (TPSA) is 42.4 Å². The van der Waals surface area contributed by atoms with Crippen molar-refractivity contribution in [2.24, 2.45) is 0 Å². The van der Waals surface area contributed by atoms with Crippen LogP contribution < -0.4 is 4.90 Å². The van der Waals surface area contributed by atoms with Crippen LogP contribution in [-0.2, 0) is 11.3 Å². The molecule has 1 aromatic heterocycles. The first kappa shape index (κ1) is 14.8. The average molecular weight is 300 g/mol. The Bertz CT molecular complexity index is 446. The molecule has 0 aliphatic carbocycles. The zero-order chi connectivity index (χ0) is 13.9. The lowest BCUT2D eigenvalue weighted by atomic mass is 10.1. The van der Waals surface area contributed by atoms with Crippen molar-refractivity contribution in [3.05, 3.63) is 10.6 Å². The Kier molecular flexibility index (Phi) is 4.86. The maximum Gasteiger partial charge on any atom is 0.186 e. The van der Waals surface area contributed by atoms with E-state index in [0.29, 0.717) is 16.2 Å². The predicted molar refractivity (Wildman–Crippen MR) is 81.6 cm³/mol. The van der Waals surface area contributed by atoms with Crippen LogP contribution >= 0.6 is 23.1 Å². The second kappa shape index (κ2) is 6.24. The van der Waals surface area contributed by atoms with Gasteiger partial charge in [-0.3, -0.25) is 4.79 Å². The molecule has 6 heteroatoms. The Morgan fingerprint density at radius 3 is 2.95 bits per heavy atom. The summed E-state index contributed by atoms with van der Waals surface area (Å²) in [6.45, 7) is 6.97. The molecule has 2 heterocycles. The number of nitrogens with zero attached hydrogens (tertiary/aromatic N) is 2. The molecule has 1 aromatic rings. The average Bonchev–Trinajstić information content (AvgIpc) is 2.67. The smallest absolute Gasteiger partial charge is 0.186 e. The Balaban J connectivity index is 2.15. The highest BCUT2D eigenvalue weighted by Crippen LogP contribution is 2.34. The molecule has 1 saturated heterocycles. The quantitative estimate of drug-likeness (QED) is 0.800. The van der Waals surface area contributed by atoms with Gasteiger partial charge in [0.1, 0.15) is 0 Å². The van der Waals surface area contributed by atoms with Crippen molar-refractivity contribution in [3.8, 4) is 0 Å². The van der Waals surface area contributed by atoms with Crippen molar-refractivity contribution < 1.29 is 9.53 Å². The van der Waals surface area contributed by atoms with E-state index in [0.717, 1.165) is 42.4 Å². The van der Waals surface area contributed by atoms with Gasteiger partial charge in [-0.1, -0.05) is 25.2 Å². The van der Waals surface area contributed by atoms with Crippen LogP contribution in [0.25, 0.3) is 0 Å². The summed E-state index contributed by atoms with van der Waals surface area (Å²) in [6, 6.07) is 0. The van der Waals surface area contributed by atoms with Crippen LogP contribution in [0, 0.1) is 0 Å². The fourth-order valence-electron chi connectivity index (χ4n) is 2.03.